The van der Waals surface area contributed by atoms with Crippen molar-refractivity contribution in [1.82, 2.24) is 4.90 Å². The minimum Gasteiger partial charge on any atom is -0.339 e. The fraction of sp³-hybridized carbons (Fsp3) is 0.300. The smallest absolute Gasteiger partial charge is 0.255 e. The first-order valence-corrected chi connectivity index (χ1v) is 8.32. The van der Waals surface area contributed by atoms with Crippen molar-refractivity contribution >= 4 is 17.5 Å². The lowest BCUT2D eigenvalue weighted by atomic mass is 10.1. The summed E-state index contributed by atoms with van der Waals surface area (Å²) in [6, 6.07) is 12.9. The fourth-order valence-corrected chi connectivity index (χ4v) is 3.07. The Bertz CT molecular complexity index is 760. The SMILES string of the molecule is Cc1ccc(C(=O)Nc2ccc(C(=O)N3CCCC3)cc2)c(C)c1. The van der Waals surface area contributed by atoms with Crippen LogP contribution in [0.5, 0.6) is 0 Å². The molecule has 24 heavy (non-hydrogen) atoms. The molecule has 1 fully saturated rings. The summed E-state index contributed by atoms with van der Waals surface area (Å²) in [7, 11) is 0. The van der Waals surface area contributed by atoms with E-state index in [1.807, 2.05) is 36.9 Å². The van der Waals surface area contributed by atoms with Gasteiger partial charge in [-0.25, -0.2) is 0 Å². The zero-order valence-corrected chi connectivity index (χ0v) is 14.1. The molecule has 2 aromatic rings. The van der Waals surface area contributed by atoms with Gasteiger partial charge in [0.25, 0.3) is 11.8 Å². The standard InChI is InChI=1S/C20H22N2O2/c1-14-5-10-18(15(2)13-14)19(23)21-17-8-6-16(7-9-17)20(24)22-11-3-4-12-22/h5-10,13H,3-4,11-12H2,1-2H3,(H,21,23). The van der Waals surface area contributed by atoms with Crippen molar-refractivity contribution in [2.45, 2.75) is 26.7 Å². The molecule has 0 unspecified atom stereocenters. The Labute approximate surface area is 142 Å². The predicted molar refractivity (Wildman–Crippen MR) is 95.4 cm³/mol. The minimum atomic E-state index is -0.133. The van der Waals surface area contributed by atoms with Crippen LogP contribution in [0.2, 0.25) is 0 Å². The van der Waals surface area contributed by atoms with Gasteiger partial charge in [0, 0.05) is 29.9 Å². The van der Waals surface area contributed by atoms with E-state index in [-0.39, 0.29) is 11.8 Å². The summed E-state index contributed by atoms with van der Waals surface area (Å²) in [5.41, 5.74) is 4.11. The topological polar surface area (TPSA) is 49.4 Å². The molecular formula is C20H22N2O2. The number of amides is 2. The Kier molecular flexibility index (Phi) is 4.65. The highest BCUT2D eigenvalue weighted by Gasteiger charge is 2.19. The van der Waals surface area contributed by atoms with Gasteiger partial charge in [-0.1, -0.05) is 17.7 Å². The summed E-state index contributed by atoms with van der Waals surface area (Å²) < 4.78 is 0. The Balaban J connectivity index is 1.69. The molecule has 2 amide bonds. The summed E-state index contributed by atoms with van der Waals surface area (Å²) in [5.74, 6) is -0.0640. The summed E-state index contributed by atoms with van der Waals surface area (Å²) in [6.07, 6.45) is 2.16. The van der Waals surface area contributed by atoms with Gasteiger partial charge in [0.1, 0.15) is 0 Å². The van der Waals surface area contributed by atoms with E-state index in [1.165, 1.54) is 0 Å². The van der Waals surface area contributed by atoms with Crippen molar-refractivity contribution in [1.29, 1.82) is 0 Å². The predicted octanol–water partition coefficient (Wildman–Crippen LogP) is 3.79. The average molecular weight is 322 g/mol. The van der Waals surface area contributed by atoms with Gasteiger partial charge in [-0.2, -0.15) is 0 Å². The van der Waals surface area contributed by atoms with Crippen LogP contribution in [-0.4, -0.2) is 29.8 Å². The molecule has 4 heteroatoms. The second-order valence-electron chi connectivity index (χ2n) is 6.35. The average Bonchev–Trinajstić information content (AvgIpc) is 3.09. The molecule has 3 rings (SSSR count). The first kappa shape index (κ1) is 16.2. The van der Waals surface area contributed by atoms with E-state index in [0.717, 1.165) is 37.1 Å². The zero-order valence-electron chi connectivity index (χ0n) is 14.1. The van der Waals surface area contributed by atoms with Crippen LogP contribution >= 0.6 is 0 Å². The van der Waals surface area contributed by atoms with E-state index in [4.69, 9.17) is 0 Å². The molecule has 1 aliphatic rings. The van der Waals surface area contributed by atoms with E-state index < -0.39 is 0 Å². The van der Waals surface area contributed by atoms with Crippen LogP contribution in [0.4, 0.5) is 5.69 Å². The Morgan fingerprint density at radius 1 is 0.958 bits per heavy atom. The van der Waals surface area contributed by atoms with Crippen molar-refractivity contribution in [2.75, 3.05) is 18.4 Å². The molecule has 0 atom stereocenters. The highest BCUT2D eigenvalue weighted by Crippen LogP contribution is 2.17. The van der Waals surface area contributed by atoms with Gasteiger partial charge in [0.2, 0.25) is 0 Å². The molecular weight excluding hydrogens is 300 g/mol. The first-order chi connectivity index (χ1) is 11.5. The van der Waals surface area contributed by atoms with Gasteiger partial charge in [-0.15, -0.1) is 0 Å². The van der Waals surface area contributed by atoms with Gasteiger partial charge >= 0.3 is 0 Å². The number of nitrogens with zero attached hydrogens (tertiary/aromatic N) is 1. The summed E-state index contributed by atoms with van der Waals surface area (Å²) in [6.45, 7) is 5.61. The Morgan fingerprint density at radius 2 is 1.62 bits per heavy atom. The highest BCUT2D eigenvalue weighted by atomic mass is 16.2. The minimum absolute atomic E-state index is 0.0692. The van der Waals surface area contributed by atoms with Crippen LogP contribution in [0.15, 0.2) is 42.5 Å². The molecule has 1 saturated heterocycles. The summed E-state index contributed by atoms with van der Waals surface area (Å²) in [4.78, 5) is 26.6. The van der Waals surface area contributed by atoms with E-state index in [1.54, 1.807) is 24.3 Å². The molecule has 0 spiro atoms. The van der Waals surface area contributed by atoms with E-state index in [9.17, 15) is 9.59 Å². The van der Waals surface area contributed by atoms with Gasteiger partial charge in [-0.05, 0) is 62.6 Å². The van der Waals surface area contributed by atoms with Crippen LogP contribution < -0.4 is 5.32 Å². The largest absolute Gasteiger partial charge is 0.339 e. The molecule has 0 radical (unpaired) electrons. The van der Waals surface area contributed by atoms with Crippen LogP contribution in [0, 0.1) is 13.8 Å². The second kappa shape index (κ2) is 6.87. The molecule has 1 heterocycles. The molecule has 1 aliphatic heterocycles. The Morgan fingerprint density at radius 3 is 2.25 bits per heavy atom. The highest BCUT2D eigenvalue weighted by molar-refractivity contribution is 6.05. The van der Waals surface area contributed by atoms with Gasteiger partial charge in [0.15, 0.2) is 0 Å². The molecule has 0 bridgehead atoms. The van der Waals surface area contributed by atoms with Crippen LogP contribution in [0.1, 0.15) is 44.7 Å². The lowest BCUT2D eigenvalue weighted by Gasteiger charge is -2.15. The molecule has 0 aliphatic carbocycles. The number of carbonyl (C=O) groups excluding carboxylic acids is 2. The lowest BCUT2D eigenvalue weighted by molar-refractivity contribution is 0.0792. The van der Waals surface area contributed by atoms with Crippen molar-refractivity contribution < 1.29 is 9.59 Å². The molecule has 124 valence electrons. The monoisotopic (exact) mass is 322 g/mol. The first-order valence-electron chi connectivity index (χ1n) is 8.32. The maximum Gasteiger partial charge on any atom is 0.255 e. The van der Waals surface area contributed by atoms with Crippen molar-refractivity contribution in [3.8, 4) is 0 Å². The number of aryl methyl sites for hydroxylation is 2. The third-order valence-corrected chi connectivity index (χ3v) is 4.41. The Hall–Kier alpha value is -2.62. The number of carbonyl (C=O) groups is 2. The molecule has 4 nitrogen and oxygen atoms in total. The van der Waals surface area contributed by atoms with Crippen LogP contribution in [-0.2, 0) is 0 Å². The fourth-order valence-electron chi connectivity index (χ4n) is 3.07. The lowest BCUT2D eigenvalue weighted by Crippen LogP contribution is -2.27. The molecule has 2 aromatic carbocycles. The maximum atomic E-state index is 12.4. The number of rotatable bonds is 3. The molecule has 0 saturated carbocycles. The summed E-state index contributed by atoms with van der Waals surface area (Å²) in [5, 5.41) is 2.89. The molecule has 1 N–H and O–H groups in total. The summed E-state index contributed by atoms with van der Waals surface area (Å²) >= 11 is 0. The maximum absolute atomic E-state index is 12.4. The second-order valence-corrected chi connectivity index (χ2v) is 6.35. The third kappa shape index (κ3) is 3.48. The van der Waals surface area contributed by atoms with Gasteiger partial charge in [-0.3, -0.25) is 9.59 Å². The van der Waals surface area contributed by atoms with Crippen LogP contribution in [0.25, 0.3) is 0 Å². The number of likely N-dealkylation sites (tertiary alicyclic amines) is 1. The normalized spacial score (nSPS) is 13.8. The number of benzene rings is 2. The number of hydrogen-bond donors (Lipinski definition) is 1. The van der Waals surface area contributed by atoms with Crippen molar-refractivity contribution in [3.05, 3.63) is 64.7 Å². The number of anilines is 1. The van der Waals surface area contributed by atoms with E-state index >= 15 is 0 Å². The molecule has 0 aromatic heterocycles. The number of nitrogens with one attached hydrogen (secondary N) is 1. The van der Waals surface area contributed by atoms with Gasteiger partial charge in [0.05, 0.1) is 0 Å². The van der Waals surface area contributed by atoms with Crippen LogP contribution in [0.3, 0.4) is 0 Å². The van der Waals surface area contributed by atoms with Crippen molar-refractivity contribution in [2.24, 2.45) is 0 Å². The van der Waals surface area contributed by atoms with E-state index in [0.29, 0.717) is 16.8 Å². The quantitative estimate of drug-likeness (QED) is 0.934. The number of hydrogen-bond acceptors (Lipinski definition) is 2. The van der Waals surface area contributed by atoms with Gasteiger partial charge < -0.3 is 10.2 Å². The third-order valence-electron chi connectivity index (χ3n) is 4.41. The zero-order chi connectivity index (χ0) is 17.1. The van der Waals surface area contributed by atoms with E-state index in [2.05, 4.69) is 5.32 Å². The van der Waals surface area contributed by atoms with Crippen molar-refractivity contribution in [3.63, 3.8) is 0 Å².